The standard InChI is InChI=1S/H3NO3S3/c2-7(3,4)1(5)6/h5-6H,(H,2,3,4). The van der Waals surface area contributed by atoms with Gasteiger partial charge < -0.3 is 0 Å². The molecule has 0 heterocycles. The summed E-state index contributed by atoms with van der Waals surface area (Å²) in [5.74, 6) is 0. The summed E-state index contributed by atoms with van der Waals surface area (Å²) < 4.78 is 27.3. The highest BCUT2D eigenvalue weighted by molar-refractivity contribution is 8.09. The van der Waals surface area contributed by atoms with Crippen LogP contribution in [0.2, 0.25) is 0 Å². The molecule has 7 heavy (non-hydrogen) atoms. The smallest absolute Gasteiger partial charge is 0.272 e. The van der Waals surface area contributed by atoms with E-state index in [9.17, 15) is 8.42 Å². The van der Waals surface area contributed by atoms with Crippen molar-refractivity contribution in [2.75, 3.05) is 0 Å². The second-order valence-electron chi connectivity index (χ2n) is 0.701. The summed E-state index contributed by atoms with van der Waals surface area (Å²) in [7, 11) is -4.18. The van der Waals surface area contributed by atoms with Crippen molar-refractivity contribution in [1.82, 2.24) is 3.12 Å². The Labute approximate surface area is 52.5 Å². The monoisotopic (exact) mass is 161 g/mol. The SMILES string of the molecule is O=S(=O)(O)N(S)S. The van der Waals surface area contributed by atoms with Gasteiger partial charge in [0.05, 0.1) is 0 Å². The van der Waals surface area contributed by atoms with E-state index in [-0.39, 0.29) is 3.12 Å². The minimum absolute atomic E-state index is 0.104. The van der Waals surface area contributed by atoms with Crippen molar-refractivity contribution in [3.63, 3.8) is 0 Å². The molecule has 0 saturated carbocycles. The van der Waals surface area contributed by atoms with E-state index in [0.29, 0.717) is 0 Å². The third-order valence-electron chi connectivity index (χ3n) is 0.206. The largest absolute Gasteiger partial charge is 0.354 e. The summed E-state index contributed by atoms with van der Waals surface area (Å²) in [6.07, 6.45) is 0. The lowest BCUT2D eigenvalue weighted by Crippen LogP contribution is -2.09. The molecule has 0 amide bonds. The highest BCUT2D eigenvalue weighted by atomic mass is 32.3. The van der Waals surface area contributed by atoms with Crippen molar-refractivity contribution >= 4 is 35.9 Å². The molecule has 0 fully saturated rings. The van der Waals surface area contributed by atoms with Gasteiger partial charge in [-0.15, -0.1) is 0 Å². The second kappa shape index (κ2) is 2.23. The van der Waals surface area contributed by atoms with Crippen LogP contribution in [0.4, 0.5) is 0 Å². The number of thiol groups is 2. The van der Waals surface area contributed by atoms with Gasteiger partial charge in [-0.05, 0) is 0 Å². The Morgan fingerprint density at radius 3 is 1.57 bits per heavy atom. The molecule has 0 aliphatic heterocycles. The summed E-state index contributed by atoms with van der Waals surface area (Å²) in [6, 6.07) is 0. The molecule has 0 aromatic rings. The van der Waals surface area contributed by atoms with Crippen LogP contribution < -0.4 is 0 Å². The fourth-order valence-corrected chi connectivity index (χ4v) is 0. The van der Waals surface area contributed by atoms with Crippen LogP contribution in [0.25, 0.3) is 0 Å². The molecule has 0 aliphatic carbocycles. The zero-order valence-electron chi connectivity index (χ0n) is 3.01. The van der Waals surface area contributed by atoms with Crippen LogP contribution in [0, 0.1) is 0 Å². The van der Waals surface area contributed by atoms with E-state index in [1.165, 1.54) is 0 Å². The first-order valence-electron chi connectivity index (χ1n) is 1.10. The van der Waals surface area contributed by atoms with Crippen molar-refractivity contribution in [1.29, 1.82) is 0 Å². The lowest BCUT2D eigenvalue weighted by Gasteiger charge is -1.97. The number of nitrogens with zero attached hydrogens (tertiary/aromatic N) is 1. The average molecular weight is 161 g/mol. The zero-order valence-corrected chi connectivity index (χ0v) is 5.62. The second-order valence-corrected chi connectivity index (χ2v) is 3.62. The highest BCUT2D eigenvalue weighted by Crippen LogP contribution is 2.02. The molecule has 44 valence electrons. The molecular formula is H3NO3S3. The normalized spacial score (nSPS) is 12.6. The average Bonchev–Trinajstić information content (AvgIpc) is 1.31. The lowest BCUT2D eigenvalue weighted by molar-refractivity contribution is 0.467. The first-order valence-corrected chi connectivity index (χ1v) is 3.30. The van der Waals surface area contributed by atoms with E-state index in [1.54, 1.807) is 0 Å². The Bertz CT molecular complexity index is 132. The fraction of sp³-hybridized carbons (Fsp3) is 0. The van der Waals surface area contributed by atoms with Crippen molar-refractivity contribution < 1.29 is 13.0 Å². The van der Waals surface area contributed by atoms with Crippen LogP contribution in [0.3, 0.4) is 0 Å². The summed E-state index contributed by atoms with van der Waals surface area (Å²) in [4.78, 5) is 0. The molecule has 0 aromatic heterocycles. The number of rotatable bonds is 1. The van der Waals surface area contributed by atoms with Gasteiger partial charge in [-0.1, -0.05) is 28.7 Å². The summed E-state index contributed by atoms with van der Waals surface area (Å²) in [6.45, 7) is 0. The molecule has 7 heteroatoms. The Balaban J connectivity index is 4.10. The van der Waals surface area contributed by atoms with E-state index < -0.39 is 10.3 Å². The molecule has 0 atom stereocenters. The quantitative estimate of drug-likeness (QED) is 0.368. The van der Waals surface area contributed by atoms with E-state index in [4.69, 9.17) is 4.55 Å². The minimum atomic E-state index is -4.18. The zero-order chi connectivity index (χ0) is 6.08. The summed E-state index contributed by atoms with van der Waals surface area (Å²) >= 11 is 6.28. The molecule has 0 aromatic carbocycles. The molecule has 1 N–H and O–H groups in total. The molecule has 0 spiro atoms. The molecule has 0 radical (unpaired) electrons. The van der Waals surface area contributed by atoms with E-state index in [1.807, 2.05) is 0 Å². The Kier molecular flexibility index (Phi) is 2.41. The fourth-order valence-electron chi connectivity index (χ4n) is 0. The highest BCUT2D eigenvalue weighted by Gasteiger charge is 2.07. The van der Waals surface area contributed by atoms with E-state index in [0.717, 1.165) is 0 Å². The Hall–Kier alpha value is 0.570. The van der Waals surface area contributed by atoms with Crippen LogP contribution in [-0.4, -0.2) is 16.1 Å². The van der Waals surface area contributed by atoms with Gasteiger partial charge in [-0.25, -0.2) is 0 Å². The van der Waals surface area contributed by atoms with E-state index in [2.05, 4.69) is 25.6 Å². The van der Waals surface area contributed by atoms with Gasteiger partial charge in [0, 0.05) is 0 Å². The minimum Gasteiger partial charge on any atom is -0.272 e. The molecule has 4 nitrogen and oxygen atoms in total. The lowest BCUT2D eigenvalue weighted by atomic mass is 13.8. The molecule has 0 rings (SSSR count). The maximum atomic E-state index is 9.66. The van der Waals surface area contributed by atoms with Gasteiger partial charge in [0.2, 0.25) is 0 Å². The Morgan fingerprint density at radius 1 is 1.43 bits per heavy atom. The maximum Gasteiger partial charge on any atom is 0.354 e. The molecular weight excluding hydrogens is 158 g/mol. The van der Waals surface area contributed by atoms with Gasteiger partial charge >= 0.3 is 10.3 Å². The number of hydrogen-bond acceptors (Lipinski definition) is 4. The van der Waals surface area contributed by atoms with Crippen LogP contribution in [0.1, 0.15) is 0 Å². The van der Waals surface area contributed by atoms with Crippen LogP contribution in [-0.2, 0) is 10.3 Å². The van der Waals surface area contributed by atoms with Crippen molar-refractivity contribution in [2.45, 2.75) is 0 Å². The van der Waals surface area contributed by atoms with Gasteiger partial charge in [-0.2, -0.15) is 8.42 Å². The molecule has 0 bridgehead atoms. The van der Waals surface area contributed by atoms with Crippen molar-refractivity contribution in [3.8, 4) is 0 Å². The number of hydrogen-bond donors (Lipinski definition) is 3. The summed E-state index contributed by atoms with van der Waals surface area (Å²) in [5, 5.41) is 0. The van der Waals surface area contributed by atoms with Gasteiger partial charge in [0.1, 0.15) is 0 Å². The molecule has 0 aliphatic rings. The van der Waals surface area contributed by atoms with Crippen molar-refractivity contribution in [2.24, 2.45) is 0 Å². The molecule has 0 unspecified atom stereocenters. The predicted molar refractivity (Wildman–Crippen MR) is 31.4 cm³/mol. The summed E-state index contributed by atoms with van der Waals surface area (Å²) in [5.41, 5.74) is 0. The van der Waals surface area contributed by atoms with Crippen molar-refractivity contribution in [3.05, 3.63) is 0 Å². The Morgan fingerprint density at radius 2 is 1.57 bits per heavy atom. The van der Waals surface area contributed by atoms with Crippen LogP contribution in [0.15, 0.2) is 0 Å². The van der Waals surface area contributed by atoms with Gasteiger partial charge in [-0.3, -0.25) is 4.55 Å². The van der Waals surface area contributed by atoms with E-state index >= 15 is 0 Å². The first-order chi connectivity index (χ1) is 2.94. The predicted octanol–water partition coefficient (Wildman–Crippen LogP) is -0.219. The topological polar surface area (TPSA) is 57.6 Å². The maximum absolute atomic E-state index is 9.66. The third-order valence-corrected chi connectivity index (χ3v) is 1.86. The van der Waals surface area contributed by atoms with Crippen LogP contribution >= 0.6 is 25.6 Å². The van der Waals surface area contributed by atoms with Gasteiger partial charge in [0.25, 0.3) is 0 Å². The third kappa shape index (κ3) is 3.18. The molecule has 0 saturated heterocycles. The first kappa shape index (κ1) is 7.57. The van der Waals surface area contributed by atoms with Gasteiger partial charge in [0.15, 0.2) is 0 Å². The van der Waals surface area contributed by atoms with Crippen LogP contribution in [0.5, 0.6) is 0 Å².